The summed E-state index contributed by atoms with van der Waals surface area (Å²) < 4.78 is 6.13. The number of hydrogen-bond acceptors (Lipinski definition) is 4. The molecule has 0 radical (unpaired) electrons. The highest BCUT2D eigenvalue weighted by atomic mass is 32.1. The Morgan fingerprint density at radius 2 is 1.85 bits per heavy atom. The average molecular weight is 461 g/mol. The number of ether oxygens (including phenoxy) is 1. The van der Waals surface area contributed by atoms with Crippen molar-refractivity contribution in [2.24, 2.45) is 5.92 Å². The summed E-state index contributed by atoms with van der Waals surface area (Å²) in [6.07, 6.45) is 3.29. The summed E-state index contributed by atoms with van der Waals surface area (Å²) in [7, 11) is 0. The highest BCUT2D eigenvalue weighted by molar-refractivity contribution is 7.13. The minimum Gasteiger partial charge on any atom is -0.493 e. The maximum Gasteiger partial charge on any atom is 0.263 e. The molecule has 0 aliphatic carbocycles. The van der Waals surface area contributed by atoms with E-state index in [2.05, 4.69) is 53.4 Å². The molecule has 0 N–H and O–H groups in total. The first kappa shape index (κ1) is 22.2. The van der Waals surface area contributed by atoms with Gasteiger partial charge in [-0.05, 0) is 67.1 Å². The van der Waals surface area contributed by atoms with Gasteiger partial charge in [0.15, 0.2) is 0 Å². The van der Waals surface area contributed by atoms with Crippen molar-refractivity contribution in [3.05, 3.63) is 87.1 Å². The van der Waals surface area contributed by atoms with Crippen LogP contribution < -0.4 is 4.74 Å². The lowest BCUT2D eigenvalue weighted by molar-refractivity contribution is 0.0638. The van der Waals surface area contributed by atoms with Crippen LogP contribution in [-0.2, 0) is 19.5 Å². The summed E-state index contributed by atoms with van der Waals surface area (Å²) in [5, 5.41) is 0. The van der Waals surface area contributed by atoms with E-state index >= 15 is 0 Å². The quantitative estimate of drug-likeness (QED) is 0.484. The van der Waals surface area contributed by atoms with Gasteiger partial charge in [0.1, 0.15) is 5.75 Å². The summed E-state index contributed by atoms with van der Waals surface area (Å²) in [6.45, 7) is 7.44. The van der Waals surface area contributed by atoms with Crippen LogP contribution in [-0.4, -0.2) is 41.9 Å². The van der Waals surface area contributed by atoms with Crippen LogP contribution in [0.25, 0.3) is 0 Å². The van der Waals surface area contributed by atoms with Crippen molar-refractivity contribution in [2.45, 2.75) is 39.3 Å². The number of likely N-dealkylation sites (tertiary alicyclic amines) is 1. The highest BCUT2D eigenvalue weighted by Gasteiger charge is 2.25. The summed E-state index contributed by atoms with van der Waals surface area (Å²) >= 11 is 1.59. The van der Waals surface area contributed by atoms with Gasteiger partial charge in [-0.1, -0.05) is 36.4 Å². The van der Waals surface area contributed by atoms with Crippen molar-refractivity contribution in [2.75, 3.05) is 26.2 Å². The number of benzene rings is 2. The number of piperidine rings is 1. The van der Waals surface area contributed by atoms with Crippen molar-refractivity contribution in [3.8, 4) is 5.75 Å². The molecule has 172 valence electrons. The number of rotatable bonds is 6. The van der Waals surface area contributed by atoms with E-state index in [-0.39, 0.29) is 5.91 Å². The first-order chi connectivity index (χ1) is 16.1. The topological polar surface area (TPSA) is 32.8 Å². The molecule has 3 heterocycles. The minimum absolute atomic E-state index is 0.169. The molecule has 5 heteroatoms. The van der Waals surface area contributed by atoms with Crippen LogP contribution in [0.4, 0.5) is 0 Å². The molecule has 1 fully saturated rings. The second kappa shape index (κ2) is 10.1. The molecule has 1 atom stereocenters. The molecule has 0 unspecified atom stereocenters. The van der Waals surface area contributed by atoms with Crippen molar-refractivity contribution < 1.29 is 9.53 Å². The third-order valence-electron chi connectivity index (χ3n) is 6.78. The van der Waals surface area contributed by atoms with Crippen LogP contribution >= 0.6 is 11.3 Å². The highest BCUT2D eigenvalue weighted by Crippen LogP contribution is 2.24. The van der Waals surface area contributed by atoms with Crippen LogP contribution in [0.2, 0.25) is 0 Å². The standard InChI is InChI=1S/C28H32N2O2S/c1-21-8-13-27(33-21)28(31)30-15-4-5-23(18-30)20-32-26-11-9-22(10-12-26)17-29-16-14-24-6-2-3-7-25(24)19-29/h2-3,6-13,23H,4-5,14-20H2,1H3/t23-/m0/s1. The van der Waals surface area contributed by atoms with E-state index in [4.69, 9.17) is 4.74 Å². The second-order valence-corrected chi connectivity index (χ2v) is 10.6. The maximum absolute atomic E-state index is 12.8. The molecule has 2 aliphatic rings. The van der Waals surface area contributed by atoms with E-state index in [1.807, 2.05) is 24.0 Å². The zero-order valence-corrected chi connectivity index (χ0v) is 20.2. The van der Waals surface area contributed by atoms with E-state index in [0.717, 1.165) is 62.6 Å². The molecule has 4 nitrogen and oxygen atoms in total. The van der Waals surface area contributed by atoms with Crippen LogP contribution in [0.3, 0.4) is 0 Å². The molecular formula is C28H32N2O2S. The summed E-state index contributed by atoms with van der Waals surface area (Å²) in [6, 6.07) is 21.3. The third-order valence-corrected chi connectivity index (χ3v) is 7.77. The largest absolute Gasteiger partial charge is 0.493 e. The molecule has 2 aromatic carbocycles. The number of hydrogen-bond donors (Lipinski definition) is 0. The van der Waals surface area contributed by atoms with E-state index in [0.29, 0.717) is 12.5 Å². The summed E-state index contributed by atoms with van der Waals surface area (Å²) in [5.74, 6) is 1.47. The first-order valence-electron chi connectivity index (χ1n) is 12.0. The Bertz CT molecular complexity index is 1090. The van der Waals surface area contributed by atoms with Gasteiger partial charge >= 0.3 is 0 Å². The lowest BCUT2D eigenvalue weighted by Gasteiger charge is -2.32. The van der Waals surface area contributed by atoms with Crippen LogP contribution in [0.1, 0.15) is 44.1 Å². The van der Waals surface area contributed by atoms with Crippen molar-refractivity contribution in [1.82, 2.24) is 9.80 Å². The van der Waals surface area contributed by atoms with E-state index in [1.54, 1.807) is 11.3 Å². The van der Waals surface area contributed by atoms with Crippen molar-refractivity contribution in [1.29, 1.82) is 0 Å². The lowest BCUT2D eigenvalue weighted by atomic mass is 9.99. The zero-order valence-electron chi connectivity index (χ0n) is 19.3. The molecule has 1 amide bonds. The molecule has 0 bridgehead atoms. The minimum atomic E-state index is 0.169. The van der Waals surface area contributed by atoms with Gasteiger partial charge in [-0.25, -0.2) is 0 Å². The number of carbonyl (C=O) groups excluding carboxylic acids is 1. The molecule has 33 heavy (non-hydrogen) atoms. The average Bonchev–Trinajstić information content (AvgIpc) is 3.29. The molecule has 0 spiro atoms. The Balaban J connectivity index is 1.11. The van der Waals surface area contributed by atoms with E-state index in [1.165, 1.54) is 21.6 Å². The Labute approximate surface area is 200 Å². The molecule has 1 aromatic heterocycles. The molecule has 3 aromatic rings. The number of carbonyl (C=O) groups is 1. The maximum atomic E-state index is 12.8. The van der Waals surface area contributed by atoms with Gasteiger partial charge in [-0.15, -0.1) is 11.3 Å². The fourth-order valence-corrected chi connectivity index (χ4v) is 5.78. The molecule has 5 rings (SSSR count). The Morgan fingerprint density at radius 1 is 1.03 bits per heavy atom. The predicted octanol–water partition coefficient (Wildman–Crippen LogP) is 5.55. The van der Waals surface area contributed by atoms with Gasteiger partial charge in [0.25, 0.3) is 5.91 Å². The van der Waals surface area contributed by atoms with Crippen molar-refractivity contribution in [3.63, 3.8) is 0 Å². The van der Waals surface area contributed by atoms with Crippen LogP contribution in [0, 0.1) is 12.8 Å². The number of fused-ring (bicyclic) bond motifs is 1. The Kier molecular flexibility index (Phi) is 6.79. The van der Waals surface area contributed by atoms with E-state index < -0.39 is 0 Å². The zero-order chi connectivity index (χ0) is 22.6. The number of aryl methyl sites for hydroxylation is 1. The first-order valence-corrected chi connectivity index (χ1v) is 12.8. The number of amides is 1. The fraction of sp³-hybridized carbons (Fsp3) is 0.393. The van der Waals surface area contributed by atoms with Crippen LogP contribution in [0.15, 0.2) is 60.7 Å². The summed E-state index contributed by atoms with van der Waals surface area (Å²) in [5.41, 5.74) is 4.27. The fourth-order valence-electron chi connectivity index (χ4n) is 4.94. The SMILES string of the molecule is Cc1ccc(C(=O)N2CCC[C@H](COc3ccc(CN4CCc5ccccc5C4)cc3)C2)s1. The Hall–Kier alpha value is -2.63. The van der Waals surface area contributed by atoms with E-state index in [9.17, 15) is 4.79 Å². The normalized spacial score (nSPS) is 18.7. The summed E-state index contributed by atoms with van der Waals surface area (Å²) in [4.78, 5) is 19.3. The van der Waals surface area contributed by atoms with Crippen molar-refractivity contribution >= 4 is 17.2 Å². The van der Waals surface area contributed by atoms with Gasteiger partial charge in [0, 0.05) is 43.5 Å². The molecule has 2 aliphatic heterocycles. The smallest absolute Gasteiger partial charge is 0.263 e. The monoisotopic (exact) mass is 460 g/mol. The van der Waals surface area contributed by atoms with Gasteiger partial charge in [-0.3, -0.25) is 9.69 Å². The van der Waals surface area contributed by atoms with Gasteiger partial charge in [-0.2, -0.15) is 0 Å². The second-order valence-electron chi connectivity index (χ2n) is 9.35. The number of thiophene rings is 1. The van der Waals surface area contributed by atoms with Gasteiger partial charge in [0.05, 0.1) is 11.5 Å². The Morgan fingerprint density at radius 3 is 2.64 bits per heavy atom. The van der Waals surface area contributed by atoms with Gasteiger partial charge < -0.3 is 9.64 Å². The molecule has 0 saturated carbocycles. The molecular weight excluding hydrogens is 428 g/mol. The number of nitrogens with zero attached hydrogens (tertiary/aromatic N) is 2. The third kappa shape index (κ3) is 5.48. The molecule has 1 saturated heterocycles. The lowest BCUT2D eigenvalue weighted by Crippen LogP contribution is -2.41. The van der Waals surface area contributed by atoms with Crippen LogP contribution in [0.5, 0.6) is 5.75 Å². The van der Waals surface area contributed by atoms with Gasteiger partial charge in [0.2, 0.25) is 0 Å². The predicted molar refractivity (Wildman–Crippen MR) is 134 cm³/mol.